The number of para-hydroxylation sites is 2. The van der Waals surface area contributed by atoms with E-state index in [0.717, 1.165) is 21.2 Å². The second-order valence-electron chi connectivity index (χ2n) is 6.17. The third kappa shape index (κ3) is 4.25. The number of anilines is 2. The monoisotopic (exact) mass is 409 g/mol. The zero-order valence-corrected chi connectivity index (χ0v) is 16.0. The summed E-state index contributed by atoms with van der Waals surface area (Å²) in [4.78, 5) is 28.3. The molecule has 0 N–H and O–H groups in total. The van der Waals surface area contributed by atoms with Gasteiger partial charge in [-0.3, -0.25) is 9.69 Å². The highest BCUT2D eigenvalue weighted by Gasteiger charge is 2.28. The average molecular weight is 409 g/mol. The summed E-state index contributed by atoms with van der Waals surface area (Å²) in [5.74, 6) is -1.10. The molecule has 0 aliphatic carbocycles. The third-order valence-corrected chi connectivity index (χ3v) is 5.34. The van der Waals surface area contributed by atoms with Gasteiger partial charge in [0.2, 0.25) is 0 Å². The summed E-state index contributed by atoms with van der Waals surface area (Å²) < 4.78 is 23.2. The van der Waals surface area contributed by atoms with Crippen LogP contribution < -0.4 is 9.64 Å². The van der Waals surface area contributed by atoms with Crippen LogP contribution in [-0.2, 0) is 14.3 Å². The number of fused-ring (bicyclic) bond motifs is 2. The summed E-state index contributed by atoms with van der Waals surface area (Å²) in [7, 11) is 0. The lowest BCUT2D eigenvalue weighted by molar-refractivity contribution is -0.149. The van der Waals surface area contributed by atoms with E-state index in [0.29, 0.717) is 5.75 Å². The van der Waals surface area contributed by atoms with Gasteiger partial charge in [0.05, 0.1) is 11.4 Å². The van der Waals surface area contributed by atoms with Crippen molar-refractivity contribution in [1.29, 1.82) is 0 Å². The molecule has 3 aromatic carbocycles. The number of rotatable bonds is 5. The van der Waals surface area contributed by atoms with Crippen LogP contribution in [0.1, 0.15) is 0 Å². The zero-order chi connectivity index (χ0) is 20.2. The van der Waals surface area contributed by atoms with Gasteiger partial charge in [-0.15, -0.1) is 0 Å². The molecule has 0 saturated heterocycles. The molecule has 7 heteroatoms. The smallest absolute Gasteiger partial charge is 0.344 e. The number of esters is 1. The fraction of sp³-hybridized carbons (Fsp3) is 0.0909. The molecule has 1 aliphatic rings. The van der Waals surface area contributed by atoms with Gasteiger partial charge in [-0.1, -0.05) is 36.0 Å². The largest absolute Gasteiger partial charge is 0.482 e. The second kappa shape index (κ2) is 8.36. The van der Waals surface area contributed by atoms with E-state index in [1.165, 1.54) is 24.3 Å². The number of hydrogen-bond donors (Lipinski definition) is 0. The Bertz CT molecular complexity index is 1010. The van der Waals surface area contributed by atoms with E-state index in [1.54, 1.807) is 16.7 Å². The van der Waals surface area contributed by atoms with Crippen LogP contribution in [-0.4, -0.2) is 25.1 Å². The first-order valence-electron chi connectivity index (χ1n) is 8.85. The van der Waals surface area contributed by atoms with Crippen LogP contribution in [0.5, 0.6) is 5.75 Å². The molecule has 0 bridgehead atoms. The number of benzene rings is 3. The Kier molecular flexibility index (Phi) is 5.48. The standard InChI is InChI=1S/C22H16FNO4S/c23-15-9-11-16(12-10-15)27-14-22(26)28-13-21(25)24-17-5-1-3-7-19(17)29-20-8-4-2-6-18(20)24/h1-12H,13-14H2. The van der Waals surface area contributed by atoms with Crippen LogP contribution in [0.15, 0.2) is 82.6 Å². The van der Waals surface area contributed by atoms with Crippen molar-refractivity contribution in [2.75, 3.05) is 18.1 Å². The van der Waals surface area contributed by atoms with Crippen LogP contribution in [0.4, 0.5) is 15.8 Å². The maximum absolute atomic E-state index is 12.9. The van der Waals surface area contributed by atoms with Crippen LogP contribution in [0, 0.1) is 5.82 Å². The molecule has 29 heavy (non-hydrogen) atoms. The van der Waals surface area contributed by atoms with Crippen molar-refractivity contribution in [3.8, 4) is 5.75 Å². The average Bonchev–Trinajstić information content (AvgIpc) is 2.75. The van der Waals surface area contributed by atoms with Gasteiger partial charge < -0.3 is 9.47 Å². The molecule has 3 aromatic rings. The zero-order valence-electron chi connectivity index (χ0n) is 15.2. The van der Waals surface area contributed by atoms with Gasteiger partial charge in [0.1, 0.15) is 11.6 Å². The van der Waals surface area contributed by atoms with Crippen LogP contribution in [0.3, 0.4) is 0 Å². The minimum atomic E-state index is -0.685. The number of ether oxygens (including phenoxy) is 2. The summed E-state index contributed by atoms with van der Waals surface area (Å²) in [5, 5.41) is 0. The third-order valence-electron chi connectivity index (χ3n) is 4.21. The van der Waals surface area contributed by atoms with Crippen molar-refractivity contribution in [2.24, 2.45) is 0 Å². The van der Waals surface area contributed by atoms with Crippen LogP contribution >= 0.6 is 11.8 Å². The maximum Gasteiger partial charge on any atom is 0.344 e. The molecule has 146 valence electrons. The first-order valence-corrected chi connectivity index (χ1v) is 9.66. The number of carbonyl (C=O) groups excluding carboxylic acids is 2. The second-order valence-corrected chi connectivity index (χ2v) is 7.25. The number of nitrogens with zero attached hydrogens (tertiary/aromatic N) is 1. The normalized spacial score (nSPS) is 12.0. The van der Waals surface area contributed by atoms with Gasteiger partial charge >= 0.3 is 5.97 Å². The Hall–Kier alpha value is -3.32. The molecule has 1 heterocycles. The molecule has 1 aliphatic heterocycles. The van der Waals surface area contributed by atoms with Crippen molar-refractivity contribution >= 4 is 35.0 Å². The van der Waals surface area contributed by atoms with E-state index in [9.17, 15) is 14.0 Å². The van der Waals surface area contributed by atoms with E-state index in [1.807, 2.05) is 48.5 Å². The molecule has 1 amide bonds. The summed E-state index contributed by atoms with van der Waals surface area (Å²) in [6, 6.07) is 20.4. The van der Waals surface area contributed by atoms with Crippen LogP contribution in [0.25, 0.3) is 0 Å². The predicted molar refractivity (Wildman–Crippen MR) is 107 cm³/mol. The van der Waals surface area contributed by atoms with Gasteiger partial charge in [0.25, 0.3) is 5.91 Å². The highest BCUT2D eigenvalue weighted by Crippen LogP contribution is 2.47. The number of amides is 1. The van der Waals surface area contributed by atoms with Gasteiger partial charge in [0.15, 0.2) is 13.2 Å². The molecule has 0 aromatic heterocycles. The van der Waals surface area contributed by atoms with E-state index in [4.69, 9.17) is 9.47 Å². The Morgan fingerprint density at radius 3 is 2.03 bits per heavy atom. The summed E-state index contributed by atoms with van der Waals surface area (Å²) in [6.45, 7) is -0.791. The fourth-order valence-corrected chi connectivity index (χ4v) is 3.95. The fourth-order valence-electron chi connectivity index (χ4n) is 2.89. The maximum atomic E-state index is 12.9. The molecule has 0 spiro atoms. The number of halogens is 1. The minimum Gasteiger partial charge on any atom is -0.482 e. The Labute approximate surface area is 171 Å². The van der Waals surface area contributed by atoms with E-state index in [-0.39, 0.29) is 12.5 Å². The summed E-state index contributed by atoms with van der Waals surface area (Å²) >= 11 is 1.59. The minimum absolute atomic E-state index is 0.339. The van der Waals surface area contributed by atoms with Gasteiger partial charge in [-0.05, 0) is 48.5 Å². The van der Waals surface area contributed by atoms with E-state index >= 15 is 0 Å². The van der Waals surface area contributed by atoms with Crippen molar-refractivity contribution in [3.63, 3.8) is 0 Å². The molecule has 0 radical (unpaired) electrons. The van der Waals surface area contributed by atoms with E-state index < -0.39 is 18.4 Å². The summed E-state index contributed by atoms with van der Waals surface area (Å²) in [5.41, 5.74) is 1.50. The lowest BCUT2D eigenvalue weighted by atomic mass is 10.2. The van der Waals surface area contributed by atoms with Crippen molar-refractivity contribution in [3.05, 3.63) is 78.6 Å². The quantitative estimate of drug-likeness (QED) is 0.578. The van der Waals surface area contributed by atoms with Crippen molar-refractivity contribution in [1.82, 2.24) is 0 Å². The number of carbonyl (C=O) groups is 2. The molecular weight excluding hydrogens is 393 g/mol. The first-order chi connectivity index (χ1) is 14.1. The van der Waals surface area contributed by atoms with E-state index in [2.05, 4.69) is 0 Å². The molecule has 0 fully saturated rings. The van der Waals surface area contributed by atoms with Crippen molar-refractivity contribution < 1.29 is 23.5 Å². The first kappa shape index (κ1) is 19.0. The Balaban J connectivity index is 1.42. The molecule has 4 rings (SSSR count). The SMILES string of the molecule is O=C(COc1ccc(F)cc1)OCC(=O)N1c2ccccc2Sc2ccccc21. The predicted octanol–water partition coefficient (Wildman–Crippen LogP) is 4.58. The Morgan fingerprint density at radius 2 is 1.41 bits per heavy atom. The molecule has 0 atom stereocenters. The number of hydrogen-bond acceptors (Lipinski definition) is 5. The molecule has 5 nitrogen and oxygen atoms in total. The molecule has 0 unspecified atom stereocenters. The van der Waals surface area contributed by atoms with Crippen LogP contribution in [0.2, 0.25) is 0 Å². The highest BCUT2D eigenvalue weighted by molar-refractivity contribution is 7.99. The Morgan fingerprint density at radius 1 is 0.828 bits per heavy atom. The lowest BCUT2D eigenvalue weighted by Crippen LogP contribution is -2.33. The summed E-state index contributed by atoms with van der Waals surface area (Å²) in [6.07, 6.45) is 0. The molecule has 0 saturated carbocycles. The molecular formula is C22H16FNO4S. The highest BCUT2D eigenvalue weighted by atomic mass is 32.2. The lowest BCUT2D eigenvalue weighted by Gasteiger charge is -2.30. The topological polar surface area (TPSA) is 55.8 Å². The van der Waals surface area contributed by atoms with Crippen molar-refractivity contribution in [2.45, 2.75) is 9.79 Å². The van der Waals surface area contributed by atoms with Gasteiger partial charge in [-0.25, -0.2) is 9.18 Å². The van der Waals surface area contributed by atoms with Gasteiger partial charge in [0, 0.05) is 9.79 Å². The van der Waals surface area contributed by atoms with Gasteiger partial charge in [-0.2, -0.15) is 0 Å².